The Balaban J connectivity index is 1.52. The lowest BCUT2D eigenvalue weighted by atomic mass is 10.0. The summed E-state index contributed by atoms with van der Waals surface area (Å²) in [5.74, 6) is 0.220. The summed E-state index contributed by atoms with van der Waals surface area (Å²) in [6.07, 6.45) is 3.17. The van der Waals surface area contributed by atoms with Crippen LogP contribution in [0, 0.1) is 0 Å². The minimum absolute atomic E-state index is 0.104. The minimum Gasteiger partial charge on any atom is -0.358 e. The number of carbonyl (C=O) groups excluding carboxylic acids is 2. The summed E-state index contributed by atoms with van der Waals surface area (Å²) in [5, 5.41) is 1.08. The normalized spacial score (nSPS) is 17.8. The quantitative estimate of drug-likeness (QED) is 0.864. The summed E-state index contributed by atoms with van der Waals surface area (Å²) >= 11 is 0. The van der Waals surface area contributed by atoms with Gasteiger partial charge in [-0.1, -0.05) is 13.8 Å². The Labute approximate surface area is 172 Å². The van der Waals surface area contributed by atoms with Crippen molar-refractivity contribution in [1.29, 1.82) is 0 Å². The van der Waals surface area contributed by atoms with Gasteiger partial charge in [0.1, 0.15) is 0 Å². The third-order valence-electron chi connectivity index (χ3n) is 6.73. The topological polar surface area (TPSA) is 59.7 Å². The summed E-state index contributed by atoms with van der Waals surface area (Å²) in [4.78, 5) is 34.8. The van der Waals surface area contributed by atoms with E-state index in [0.717, 1.165) is 74.0 Å². The Morgan fingerprint density at radius 1 is 1.03 bits per heavy atom. The lowest BCUT2D eigenvalue weighted by Crippen LogP contribution is -2.51. The van der Waals surface area contributed by atoms with Crippen molar-refractivity contribution in [2.75, 3.05) is 32.7 Å². The fourth-order valence-electron chi connectivity index (χ4n) is 4.89. The number of amides is 2. The number of hydrogen-bond donors (Lipinski definition) is 1. The van der Waals surface area contributed by atoms with Gasteiger partial charge in [-0.05, 0) is 31.0 Å². The van der Waals surface area contributed by atoms with Gasteiger partial charge >= 0.3 is 0 Å². The maximum Gasteiger partial charge on any atom is 0.253 e. The molecule has 2 aromatic rings. The highest BCUT2D eigenvalue weighted by Crippen LogP contribution is 2.29. The number of H-pyrrole nitrogens is 1. The van der Waals surface area contributed by atoms with Gasteiger partial charge in [0.05, 0.1) is 0 Å². The van der Waals surface area contributed by atoms with Crippen molar-refractivity contribution < 1.29 is 9.59 Å². The molecule has 156 valence electrons. The van der Waals surface area contributed by atoms with Gasteiger partial charge in [0.25, 0.3) is 5.91 Å². The first-order valence-corrected chi connectivity index (χ1v) is 10.9. The first kappa shape index (κ1) is 20.0. The van der Waals surface area contributed by atoms with Crippen molar-refractivity contribution in [1.82, 2.24) is 19.7 Å². The van der Waals surface area contributed by atoms with Crippen molar-refractivity contribution in [2.24, 2.45) is 0 Å². The molecule has 6 nitrogen and oxygen atoms in total. The van der Waals surface area contributed by atoms with Crippen LogP contribution < -0.4 is 0 Å². The second-order valence-corrected chi connectivity index (χ2v) is 8.33. The molecular formula is C23H32N4O2. The van der Waals surface area contributed by atoms with E-state index in [-0.39, 0.29) is 11.8 Å². The number of aromatic amines is 1. The fourth-order valence-corrected chi connectivity index (χ4v) is 4.89. The zero-order valence-electron chi connectivity index (χ0n) is 17.8. The lowest BCUT2D eigenvalue weighted by molar-refractivity contribution is -0.129. The van der Waals surface area contributed by atoms with E-state index in [9.17, 15) is 9.59 Å². The third kappa shape index (κ3) is 3.78. The van der Waals surface area contributed by atoms with E-state index in [1.54, 1.807) is 6.92 Å². The average molecular weight is 397 g/mol. The summed E-state index contributed by atoms with van der Waals surface area (Å²) in [7, 11) is 0. The van der Waals surface area contributed by atoms with Gasteiger partial charge in [0.2, 0.25) is 5.91 Å². The molecule has 0 bridgehead atoms. The molecule has 2 aliphatic rings. The third-order valence-corrected chi connectivity index (χ3v) is 6.73. The number of nitrogens with one attached hydrogen (secondary N) is 1. The molecule has 1 aromatic heterocycles. The Morgan fingerprint density at radius 2 is 1.76 bits per heavy atom. The summed E-state index contributed by atoms with van der Waals surface area (Å²) in [5.41, 5.74) is 4.15. The number of aromatic nitrogens is 1. The first-order valence-electron chi connectivity index (χ1n) is 10.9. The number of carbonyl (C=O) groups is 2. The minimum atomic E-state index is 0.104. The largest absolute Gasteiger partial charge is 0.358 e. The molecule has 0 spiro atoms. The van der Waals surface area contributed by atoms with Gasteiger partial charge in [-0.15, -0.1) is 0 Å². The zero-order chi connectivity index (χ0) is 20.5. The molecule has 2 amide bonds. The van der Waals surface area contributed by atoms with Gasteiger partial charge in [-0.3, -0.25) is 14.5 Å². The van der Waals surface area contributed by atoms with Crippen LogP contribution in [0.4, 0.5) is 0 Å². The lowest BCUT2D eigenvalue weighted by Gasteiger charge is -2.38. The zero-order valence-corrected chi connectivity index (χ0v) is 17.8. The van der Waals surface area contributed by atoms with Crippen LogP contribution in [-0.2, 0) is 17.8 Å². The van der Waals surface area contributed by atoms with Crippen molar-refractivity contribution in [3.63, 3.8) is 0 Å². The first-order chi connectivity index (χ1) is 14.0. The Bertz CT molecular complexity index is 907. The highest BCUT2D eigenvalue weighted by Gasteiger charge is 2.26. The van der Waals surface area contributed by atoms with Crippen molar-refractivity contribution >= 4 is 22.7 Å². The maximum absolute atomic E-state index is 13.2. The van der Waals surface area contributed by atoms with Crippen LogP contribution >= 0.6 is 0 Å². The van der Waals surface area contributed by atoms with E-state index in [1.807, 2.05) is 28.0 Å². The molecule has 1 saturated heterocycles. The molecule has 0 aliphatic carbocycles. The fraction of sp³-hybridized carbons (Fsp3) is 0.565. The van der Waals surface area contributed by atoms with E-state index in [4.69, 9.17) is 0 Å². The number of nitrogens with zero attached hydrogens (tertiary/aromatic N) is 3. The van der Waals surface area contributed by atoms with Gasteiger partial charge in [0, 0.05) is 86.4 Å². The second-order valence-electron chi connectivity index (χ2n) is 8.33. The van der Waals surface area contributed by atoms with Crippen LogP contribution in [0.25, 0.3) is 10.9 Å². The Kier molecular flexibility index (Phi) is 5.63. The van der Waals surface area contributed by atoms with Crippen LogP contribution in [-0.4, -0.2) is 70.3 Å². The van der Waals surface area contributed by atoms with Crippen LogP contribution in [0.3, 0.4) is 0 Å². The predicted octanol–water partition coefficient (Wildman–Crippen LogP) is 3.02. The SMILES string of the molecule is CCC(CC)N1CCN(C(=O)c2ccc3[nH]c4c(c3c2)CN(C(C)=O)CC4)CC1. The molecule has 6 heteroatoms. The standard InChI is InChI=1S/C23H32N4O2/c1-4-18(5-2)25-10-12-26(13-11-25)23(29)17-6-7-21-19(14-17)20-15-27(16(3)28)9-8-22(20)24-21/h6-7,14,18,24H,4-5,8-13,15H2,1-3H3. The number of fused-ring (bicyclic) bond motifs is 3. The highest BCUT2D eigenvalue weighted by molar-refractivity contribution is 5.99. The smallest absolute Gasteiger partial charge is 0.253 e. The van der Waals surface area contributed by atoms with Gasteiger partial charge < -0.3 is 14.8 Å². The van der Waals surface area contributed by atoms with Gasteiger partial charge in [-0.2, -0.15) is 0 Å². The van der Waals surface area contributed by atoms with Gasteiger partial charge in [-0.25, -0.2) is 0 Å². The second kappa shape index (κ2) is 8.19. The van der Waals surface area contributed by atoms with E-state index in [1.165, 1.54) is 5.69 Å². The molecule has 1 fully saturated rings. The Morgan fingerprint density at radius 3 is 2.41 bits per heavy atom. The van der Waals surface area contributed by atoms with Gasteiger partial charge in [0.15, 0.2) is 0 Å². The molecule has 3 heterocycles. The van der Waals surface area contributed by atoms with E-state index < -0.39 is 0 Å². The number of hydrogen-bond acceptors (Lipinski definition) is 3. The molecule has 0 saturated carbocycles. The number of piperazine rings is 1. The molecule has 0 atom stereocenters. The number of benzene rings is 1. The van der Waals surface area contributed by atoms with E-state index in [2.05, 4.69) is 23.7 Å². The van der Waals surface area contributed by atoms with Crippen LogP contribution in [0.2, 0.25) is 0 Å². The monoisotopic (exact) mass is 396 g/mol. The molecular weight excluding hydrogens is 364 g/mol. The van der Waals surface area contributed by atoms with Crippen LogP contribution in [0.15, 0.2) is 18.2 Å². The van der Waals surface area contributed by atoms with Crippen LogP contribution in [0.1, 0.15) is 55.2 Å². The summed E-state index contributed by atoms with van der Waals surface area (Å²) < 4.78 is 0. The van der Waals surface area contributed by atoms with E-state index in [0.29, 0.717) is 12.6 Å². The molecule has 1 N–H and O–H groups in total. The molecule has 0 unspecified atom stereocenters. The van der Waals surface area contributed by atoms with Crippen LogP contribution in [0.5, 0.6) is 0 Å². The van der Waals surface area contributed by atoms with Crippen molar-refractivity contribution in [3.8, 4) is 0 Å². The summed E-state index contributed by atoms with van der Waals surface area (Å²) in [6, 6.07) is 6.59. The van der Waals surface area contributed by atoms with E-state index >= 15 is 0 Å². The average Bonchev–Trinajstić information content (AvgIpc) is 3.11. The maximum atomic E-state index is 13.2. The molecule has 0 radical (unpaired) electrons. The predicted molar refractivity (Wildman–Crippen MR) is 115 cm³/mol. The summed E-state index contributed by atoms with van der Waals surface area (Å²) in [6.45, 7) is 11.0. The molecule has 29 heavy (non-hydrogen) atoms. The number of rotatable bonds is 4. The van der Waals surface area contributed by atoms with Crippen molar-refractivity contribution in [3.05, 3.63) is 35.0 Å². The molecule has 1 aromatic carbocycles. The molecule has 4 rings (SSSR count). The highest BCUT2D eigenvalue weighted by atomic mass is 16.2. The Hall–Kier alpha value is -2.34. The van der Waals surface area contributed by atoms with Crippen molar-refractivity contribution in [2.45, 2.75) is 52.6 Å². The molecule has 2 aliphatic heterocycles.